The molecule has 0 heteroatoms. The summed E-state index contributed by atoms with van der Waals surface area (Å²) in [4.78, 5) is 0. The molecular weight excluding hydrogens is 408 g/mol. The van der Waals surface area contributed by atoms with E-state index in [4.69, 9.17) is 0 Å². The Kier molecular flexibility index (Phi) is 5.26. The first kappa shape index (κ1) is 20.2. The van der Waals surface area contributed by atoms with Crippen LogP contribution in [0.15, 0.2) is 146 Å². The maximum absolute atomic E-state index is 2.36. The van der Waals surface area contributed by atoms with E-state index in [0.29, 0.717) is 0 Å². The van der Waals surface area contributed by atoms with Gasteiger partial charge in [0.1, 0.15) is 0 Å². The predicted molar refractivity (Wildman–Crippen MR) is 146 cm³/mol. The lowest BCUT2D eigenvalue weighted by Crippen LogP contribution is -1.90. The first-order valence-electron chi connectivity index (χ1n) is 11.7. The zero-order chi connectivity index (χ0) is 22.7. The van der Waals surface area contributed by atoms with Gasteiger partial charge in [-0.25, -0.2) is 0 Å². The average molecular weight is 433 g/mol. The lowest BCUT2D eigenvalue weighted by Gasteiger charge is -2.17. The molecule has 0 aliphatic rings. The lowest BCUT2D eigenvalue weighted by atomic mass is 9.87. The number of fused-ring (bicyclic) bond motifs is 1. The fraction of sp³-hybridized carbons (Fsp3) is 0. The lowest BCUT2D eigenvalue weighted by molar-refractivity contribution is 1.59. The van der Waals surface area contributed by atoms with Crippen LogP contribution in [0.5, 0.6) is 0 Å². The second-order valence-electron chi connectivity index (χ2n) is 8.61. The van der Waals surface area contributed by atoms with Gasteiger partial charge in [-0.1, -0.05) is 121 Å². The van der Waals surface area contributed by atoms with Gasteiger partial charge in [0.05, 0.1) is 0 Å². The number of rotatable bonds is 4. The highest BCUT2D eigenvalue weighted by molar-refractivity contribution is 6.09. The second kappa shape index (κ2) is 8.84. The van der Waals surface area contributed by atoms with Crippen molar-refractivity contribution in [3.8, 4) is 44.5 Å². The Hall–Kier alpha value is -4.42. The van der Waals surface area contributed by atoms with Crippen LogP contribution in [0, 0.1) is 0 Å². The van der Waals surface area contributed by atoms with E-state index < -0.39 is 0 Å². The molecule has 0 aromatic heterocycles. The molecule has 0 N–H and O–H groups in total. The highest BCUT2D eigenvalue weighted by Crippen LogP contribution is 2.41. The minimum atomic E-state index is 1.23. The van der Waals surface area contributed by atoms with Gasteiger partial charge in [0, 0.05) is 0 Å². The van der Waals surface area contributed by atoms with Gasteiger partial charge in [-0.3, -0.25) is 0 Å². The molecular formula is C34H24. The van der Waals surface area contributed by atoms with Crippen LogP contribution in [-0.4, -0.2) is 0 Å². The van der Waals surface area contributed by atoms with Crippen molar-refractivity contribution in [1.82, 2.24) is 0 Å². The van der Waals surface area contributed by atoms with Crippen LogP contribution < -0.4 is 0 Å². The van der Waals surface area contributed by atoms with E-state index in [9.17, 15) is 0 Å². The summed E-state index contributed by atoms with van der Waals surface area (Å²) < 4.78 is 0. The van der Waals surface area contributed by atoms with Crippen molar-refractivity contribution in [2.24, 2.45) is 0 Å². The van der Waals surface area contributed by atoms with Gasteiger partial charge < -0.3 is 0 Å². The molecule has 0 fully saturated rings. The van der Waals surface area contributed by atoms with E-state index >= 15 is 0 Å². The average Bonchev–Trinajstić information content (AvgIpc) is 2.94. The summed E-state index contributed by atoms with van der Waals surface area (Å²) in [7, 11) is 0. The standard InChI is InChI=1S/C34H24/c1-5-13-25(14-6-1)29-21-31(27-17-9-3-10-18-27)34-24-30(26-15-7-2-8-16-26)22-32(33(34)23-29)28-19-11-4-12-20-28/h1-24H. The fourth-order valence-corrected chi connectivity index (χ4v) is 4.77. The summed E-state index contributed by atoms with van der Waals surface area (Å²) in [5, 5.41) is 2.54. The van der Waals surface area contributed by atoms with Gasteiger partial charge >= 0.3 is 0 Å². The fourth-order valence-electron chi connectivity index (χ4n) is 4.77. The number of hydrogen-bond donors (Lipinski definition) is 0. The molecule has 0 radical (unpaired) electrons. The molecule has 0 spiro atoms. The van der Waals surface area contributed by atoms with Gasteiger partial charge in [-0.15, -0.1) is 0 Å². The van der Waals surface area contributed by atoms with Crippen molar-refractivity contribution >= 4 is 10.8 Å². The maximum atomic E-state index is 2.36. The van der Waals surface area contributed by atoms with Crippen LogP contribution in [-0.2, 0) is 0 Å². The third-order valence-electron chi connectivity index (χ3n) is 6.45. The summed E-state index contributed by atoms with van der Waals surface area (Å²) in [6.07, 6.45) is 0. The van der Waals surface area contributed by atoms with Gasteiger partial charge in [-0.05, 0) is 79.5 Å². The van der Waals surface area contributed by atoms with E-state index in [1.807, 2.05) is 0 Å². The van der Waals surface area contributed by atoms with E-state index in [1.54, 1.807) is 0 Å². The molecule has 6 rings (SSSR count). The Morgan fingerprint density at radius 3 is 0.853 bits per heavy atom. The summed E-state index contributed by atoms with van der Waals surface area (Å²) in [6.45, 7) is 0. The largest absolute Gasteiger partial charge is 0.0622 e. The SMILES string of the molecule is c1ccc(-c2cc(-c3ccccc3)c3cc(-c4ccccc4)cc(-c4ccccc4)c3c2)cc1. The van der Waals surface area contributed by atoms with Crippen LogP contribution in [0.4, 0.5) is 0 Å². The quantitative estimate of drug-likeness (QED) is 0.260. The van der Waals surface area contributed by atoms with E-state index in [0.717, 1.165) is 0 Å². The van der Waals surface area contributed by atoms with Crippen LogP contribution in [0.1, 0.15) is 0 Å². The van der Waals surface area contributed by atoms with E-state index in [2.05, 4.69) is 146 Å². The highest BCUT2D eigenvalue weighted by Gasteiger charge is 2.14. The molecule has 0 aliphatic carbocycles. The number of benzene rings is 6. The Morgan fingerprint density at radius 2 is 0.529 bits per heavy atom. The van der Waals surface area contributed by atoms with Crippen LogP contribution in [0.3, 0.4) is 0 Å². The molecule has 6 aromatic rings. The zero-order valence-corrected chi connectivity index (χ0v) is 18.9. The summed E-state index contributed by atoms with van der Waals surface area (Å²) in [5.74, 6) is 0. The molecule has 0 nitrogen and oxygen atoms in total. The Morgan fingerprint density at radius 1 is 0.235 bits per heavy atom. The number of hydrogen-bond acceptors (Lipinski definition) is 0. The Balaban J connectivity index is 1.73. The zero-order valence-electron chi connectivity index (χ0n) is 18.9. The van der Waals surface area contributed by atoms with Crippen molar-refractivity contribution < 1.29 is 0 Å². The van der Waals surface area contributed by atoms with Crippen molar-refractivity contribution in [1.29, 1.82) is 0 Å². The maximum Gasteiger partial charge on any atom is -0.00926 e. The third kappa shape index (κ3) is 3.80. The normalized spacial score (nSPS) is 10.9. The first-order valence-corrected chi connectivity index (χ1v) is 11.7. The topological polar surface area (TPSA) is 0 Å². The van der Waals surface area contributed by atoms with Crippen molar-refractivity contribution in [2.45, 2.75) is 0 Å². The monoisotopic (exact) mass is 432 g/mol. The van der Waals surface area contributed by atoms with Crippen molar-refractivity contribution in [3.05, 3.63) is 146 Å². The minimum Gasteiger partial charge on any atom is -0.0622 e. The molecule has 0 heterocycles. The molecule has 0 aliphatic heterocycles. The summed E-state index contributed by atoms with van der Waals surface area (Å²) in [5.41, 5.74) is 9.90. The first-order chi connectivity index (χ1) is 16.9. The summed E-state index contributed by atoms with van der Waals surface area (Å²) in [6, 6.07) is 52.2. The smallest absolute Gasteiger partial charge is 0.00926 e. The predicted octanol–water partition coefficient (Wildman–Crippen LogP) is 9.51. The van der Waals surface area contributed by atoms with Crippen molar-refractivity contribution in [2.75, 3.05) is 0 Å². The molecule has 0 bridgehead atoms. The molecule has 0 saturated heterocycles. The Labute approximate surface area is 200 Å². The second-order valence-corrected chi connectivity index (χ2v) is 8.61. The minimum absolute atomic E-state index is 1.23. The molecule has 0 unspecified atom stereocenters. The van der Waals surface area contributed by atoms with Crippen LogP contribution >= 0.6 is 0 Å². The molecule has 0 amide bonds. The highest BCUT2D eigenvalue weighted by atomic mass is 14.2. The van der Waals surface area contributed by atoms with Crippen LogP contribution in [0.25, 0.3) is 55.3 Å². The van der Waals surface area contributed by atoms with E-state index in [-0.39, 0.29) is 0 Å². The molecule has 160 valence electrons. The molecule has 34 heavy (non-hydrogen) atoms. The third-order valence-corrected chi connectivity index (χ3v) is 6.45. The summed E-state index contributed by atoms with van der Waals surface area (Å²) >= 11 is 0. The van der Waals surface area contributed by atoms with Crippen LogP contribution in [0.2, 0.25) is 0 Å². The molecule has 0 atom stereocenters. The van der Waals surface area contributed by atoms with Gasteiger partial charge in [0.15, 0.2) is 0 Å². The van der Waals surface area contributed by atoms with Crippen molar-refractivity contribution in [3.63, 3.8) is 0 Å². The molecule has 0 saturated carbocycles. The van der Waals surface area contributed by atoms with Gasteiger partial charge in [0.25, 0.3) is 0 Å². The van der Waals surface area contributed by atoms with Gasteiger partial charge in [0.2, 0.25) is 0 Å². The van der Waals surface area contributed by atoms with E-state index in [1.165, 1.54) is 55.3 Å². The van der Waals surface area contributed by atoms with Gasteiger partial charge in [-0.2, -0.15) is 0 Å². The molecule has 6 aromatic carbocycles. The Bertz CT molecular complexity index is 1430.